The predicted molar refractivity (Wildman–Crippen MR) is 45.3 cm³/mol. The summed E-state index contributed by atoms with van der Waals surface area (Å²) < 4.78 is 0. The molecule has 1 amide bonds. The fourth-order valence-corrected chi connectivity index (χ4v) is 0. The van der Waals surface area contributed by atoms with Crippen molar-refractivity contribution in [2.45, 2.75) is 0 Å². The van der Waals surface area contributed by atoms with Crippen molar-refractivity contribution < 1.29 is 4.79 Å². The van der Waals surface area contributed by atoms with Gasteiger partial charge in [-0.25, -0.2) is 0 Å². The van der Waals surface area contributed by atoms with Gasteiger partial charge in [-0.2, -0.15) is 0 Å². The SMILES string of the molecule is CN.CN(C)C=O.I. The van der Waals surface area contributed by atoms with Crippen LogP contribution in [0.4, 0.5) is 0 Å². The Bertz CT molecular complexity index is 41.0. The highest BCUT2D eigenvalue weighted by Gasteiger charge is 1.68. The molecule has 0 aromatic carbocycles. The van der Waals surface area contributed by atoms with Crippen molar-refractivity contribution in [2.75, 3.05) is 21.1 Å². The molecule has 0 aromatic rings. The van der Waals surface area contributed by atoms with Crippen molar-refractivity contribution in [3.8, 4) is 0 Å². The maximum absolute atomic E-state index is 9.43. The van der Waals surface area contributed by atoms with Gasteiger partial charge in [0.05, 0.1) is 0 Å². The maximum Gasteiger partial charge on any atom is 0.209 e. The van der Waals surface area contributed by atoms with E-state index in [-0.39, 0.29) is 24.0 Å². The van der Waals surface area contributed by atoms with Crippen molar-refractivity contribution in [1.82, 2.24) is 4.90 Å². The molecule has 3 nitrogen and oxygen atoms in total. The zero-order chi connectivity index (χ0) is 6.28. The van der Waals surface area contributed by atoms with Crippen LogP contribution in [0.25, 0.3) is 0 Å². The zero-order valence-electron chi connectivity index (χ0n) is 5.42. The standard InChI is InChI=1S/C3H7NO.CH5N.HI/c1-4(2)3-5;1-2;/h3H,1-2H3;2H2,1H3;1H. The first kappa shape index (κ1) is 15.7. The van der Waals surface area contributed by atoms with Crippen LogP contribution in [0.15, 0.2) is 0 Å². The Kier molecular flexibility index (Phi) is 30.8. The molecule has 0 spiro atoms. The topological polar surface area (TPSA) is 46.3 Å². The van der Waals surface area contributed by atoms with E-state index in [2.05, 4.69) is 5.73 Å². The average Bonchev–Trinajstić information content (AvgIpc) is 1.73. The molecule has 0 radical (unpaired) electrons. The fourth-order valence-electron chi connectivity index (χ4n) is 0. The monoisotopic (exact) mass is 232 g/mol. The molecule has 0 unspecified atom stereocenters. The number of nitrogens with two attached hydrogens (primary N) is 1. The van der Waals surface area contributed by atoms with E-state index in [1.54, 1.807) is 14.1 Å². The summed E-state index contributed by atoms with van der Waals surface area (Å²) in [7, 11) is 4.88. The molecular formula is C4H13IN2O. The second kappa shape index (κ2) is 15.7. The van der Waals surface area contributed by atoms with Crippen LogP contribution in [0, 0.1) is 0 Å². The molecule has 0 saturated carbocycles. The summed E-state index contributed by atoms with van der Waals surface area (Å²) in [6.07, 6.45) is 0.750. The van der Waals surface area contributed by atoms with Crippen molar-refractivity contribution in [1.29, 1.82) is 0 Å². The van der Waals surface area contributed by atoms with E-state index in [9.17, 15) is 4.79 Å². The molecule has 0 aliphatic carbocycles. The highest BCUT2D eigenvalue weighted by atomic mass is 127. The van der Waals surface area contributed by atoms with Gasteiger partial charge < -0.3 is 10.6 Å². The summed E-state index contributed by atoms with van der Waals surface area (Å²) in [4.78, 5) is 10.9. The molecular weight excluding hydrogens is 219 g/mol. The van der Waals surface area contributed by atoms with E-state index in [1.165, 1.54) is 11.9 Å². The number of hydrogen-bond acceptors (Lipinski definition) is 2. The Morgan fingerprint density at radius 3 is 1.50 bits per heavy atom. The summed E-state index contributed by atoms with van der Waals surface area (Å²) in [5.41, 5.74) is 4.50. The minimum atomic E-state index is 0. The van der Waals surface area contributed by atoms with E-state index < -0.39 is 0 Å². The highest BCUT2D eigenvalue weighted by molar-refractivity contribution is 14.0. The second-order valence-corrected chi connectivity index (χ2v) is 1.07. The maximum atomic E-state index is 9.43. The Labute approximate surface area is 67.2 Å². The molecule has 2 N–H and O–H groups in total. The summed E-state index contributed by atoms with van der Waals surface area (Å²) in [5, 5.41) is 0. The summed E-state index contributed by atoms with van der Waals surface area (Å²) in [6, 6.07) is 0. The van der Waals surface area contributed by atoms with Crippen molar-refractivity contribution >= 4 is 30.4 Å². The first-order valence-corrected chi connectivity index (χ1v) is 1.97. The fraction of sp³-hybridized carbons (Fsp3) is 0.750. The quantitative estimate of drug-likeness (QED) is 0.506. The third kappa shape index (κ3) is 35.2. The van der Waals surface area contributed by atoms with Gasteiger partial charge in [0, 0.05) is 14.1 Å². The number of amides is 1. The van der Waals surface area contributed by atoms with Crippen LogP contribution in [-0.4, -0.2) is 32.5 Å². The van der Waals surface area contributed by atoms with Gasteiger partial charge in [0.2, 0.25) is 6.41 Å². The number of halogens is 1. The lowest BCUT2D eigenvalue weighted by molar-refractivity contribution is -0.115. The minimum absolute atomic E-state index is 0. The third-order valence-electron chi connectivity index (χ3n) is 0.211. The zero-order valence-corrected chi connectivity index (χ0v) is 7.75. The lowest BCUT2D eigenvalue weighted by Gasteiger charge is -1.93. The van der Waals surface area contributed by atoms with Crippen LogP contribution in [-0.2, 0) is 4.79 Å². The average molecular weight is 232 g/mol. The van der Waals surface area contributed by atoms with Crippen molar-refractivity contribution in [2.24, 2.45) is 5.73 Å². The molecule has 0 fully saturated rings. The molecule has 8 heavy (non-hydrogen) atoms. The molecule has 0 bridgehead atoms. The minimum Gasteiger partial charge on any atom is -0.351 e. The number of carbonyl (C=O) groups excluding carboxylic acids is 1. The molecule has 0 aromatic heterocycles. The van der Waals surface area contributed by atoms with E-state index >= 15 is 0 Å². The van der Waals surface area contributed by atoms with Crippen LogP contribution < -0.4 is 5.73 Å². The highest BCUT2D eigenvalue weighted by Crippen LogP contribution is 1.52. The van der Waals surface area contributed by atoms with Gasteiger partial charge in [-0.05, 0) is 7.05 Å². The van der Waals surface area contributed by atoms with Gasteiger partial charge in [-0.1, -0.05) is 0 Å². The van der Waals surface area contributed by atoms with Crippen LogP contribution >= 0.6 is 24.0 Å². The van der Waals surface area contributed by atoms with Gasteiger partial charge in [0.15, 0.2) is 0 Å². The van der Waals surface area contributed by atoms with Gasteiger partial charge in [-0.15, -0.1) is 24.0 Å². The second-order valence-electron chi connectivity index (χ2n) is 1.07. The number of nitrogens with zero attached hydrogens (tertiary/aromatic N) is 1. The molecule has 0 heterocycles. The van der Waals surface area contributed by atoms with Gasteiger partial charge in [-0.3, -0.25) is 4.79 Å². The van der Waals surface area contributed by atoms with Crippen LogP contribution in [0.3, 0.4) is 0 Å². The first-order valence-electron chi connectivity index (χ1n) is 1.97. The number of hydrogen-bond donors (Lipinski definition) is 1. The van der Waals surface area contributed by atoms with Gasteiger partial charge in [0.1, 0.15) is 0 Å². The summed E-state index contributed by atoms with van der Waals surface area (Å²) >= 11 is 0. The lowest BCUT2D eigenvalue weighted by atomic mass is 11.0. The lowest BCUT2D eigenvalue weighted by Crippen LogP contribution is -2.06. The Morgan fingerprint density at radius 2 is 1.50 bits per heavy atom. The van der Waals surface area contributed by atoms with E-state index in [0.29, 0.717) is 0 Å². The van der Waals surface area contributed by atoms with E-state index in [4.69, 9.17) is 0 Å². The summed E-state index contributed by atoms with van der Waals surface area (Å²) in [6.45, 7) is 0. The Balaban J connectivity index is -0.0000000750. The first-order chi connectivity index (χ1) is 3.27. The molecule has 52 valence electrons. The Morgan fingerprint density at radius 1 is 1.38 bits per heavy atom. The predicted octanol–water partition coefficient (Wildman–Crippen LogP) is -0.103. The van der Waals surface area contributed by atoms with Crippen LogP contribution in [0.2, 0.25) is 0 Å². The number of carbonyl (C=O) groups is 1. The van der Waals surface area contributed by atoms with Gasteiger partial charge >= 0.3 is 0 Å². The molecule has 0 aliphatic heterocycles. The molecule has 4 heteroatoms. The largest absolute Gasteiger partial charge is 0.351 e. The number of rotatable bonds is 1. The van der Waals surface area contributed by atoms with Crippen LogP contribution in [0.5, 0.6) is 0 Å². The molecule has 0 saturated heterocycles. The molecule has 0 aliphatic rings. The van der Waals surface area contributed by atoms with Crippen LogP contribution in [0.1, 0.15) is 0 Å². The molecule has 0 rings (SSSR count). The molecule has 0 atom stereocenters. The Hall–Kier alpha value is 0.160. The summed E-state index contributed by atoms with van der Waals surface area (Å²) in [5.74, 6) is 0. The van der Waals surface area contributed by atoms with Crippen molar-refractivity contribution in [3.63, 3.8) is 0 Å². The van der Waals surface area contributed by atoms with Crippen molar-refractivity contribution in [3.05, 3.63) is 0 Å². The van der Waals surface area contributed by atoms with E-state index in [0.717, 1.165) is 6.41 Å². The smallest absolute Gasteiger partial charge is 0.209 e. The third-order valence-corrected chi connectivity index (χ3v) is 0.211. The normalized spacial score (nSPS) is 5.00. The van der Waals surface area contributed by atoms with E-state index in [1.807, 2.05) is 0 Å². The van der Waals surface area contributed by atoms with Gasteiger partial charge in [0.25, 0.3) is 0 Å².